The number of halogens is 3. The van der Waals surface area contributed by atoms with Crippen LogP contribution in [0.2, 0.25) is 0 Å². The van der Waals surface area contributed by atoms with E-state index in [-0.39, 0.29) is 43.7 Å². The van der Waals surface area contributed by atoms with Gasteiger partial charge >= 0.3 is 12.3 Å². The number of rotatable bonds is 7. The van der Waals surface area contributed by atoms with Gasteiger partial charge in [-0.1, -0.05) is 5.16 Å². The van der Waals surface area contributed by atoms with E-state index in [1.807, 2.05) is 4.90 Å². The van der Waals surface area contributed by atoms with Gasteiger partial charge in [-0.2, -0.15) is 18.2 Å². The van der Waals surface area contributed by atoms with Gasteiger partial charge < -0.3 is 14.2 Å². The number of aromatic nitrogens is 4. The molecule has 5 rings (SSSR count). The molecule has 0 spiro atoms. The summed E-state index contributed by atoms with van der Waals surface area (Å²) in [7, 11) is -3.29. The van der Waals surface area contributed by atoms with Crippen LogP contribution in [0.3, 0.4) is 0 Å². The first-order valence-electron chi connectivity index (χ1n) is 12.0. The van der Waals surface area contributed by atoms with Crippen LogP contribution in [0, 0.1) is 0 Å². The summed E-state index contributed by atoms with van der Waals surface area (Å²) in [6.45, 7) is 1.27. The van der Waals surface area contributed by atoms with Crippen molar-refractivity contribution >= 4 is 21.9 Å². The van der Waals surface area contributed by atoms with Crippen molar-refractivity contribution < 1.29 is 30.8 Å². The third-order valence-electron chi connectivity index (χ3n) is 6.78. The van der Waals surface area contributed by atoms with Gasteiger partial charge in [-0.3, -0.25) is 4.90 Å². The third kappa shape index (κ3) is 5.66. The monoisotopic (exact) mass is 531 g/mol. The highest BCUT2D eigenvalue weighted by Crippen LogP contribution is 2.39. The van der Waals surface area contributed by atoms with Crippen molar-refractivity contribution in [2.75, 3.05) is 42.2 Å². The second-order valence-corrected chi connectivity index (χ2v) is 11.4. The maximum Gasteiger partial charge on any atom is 0.486 e. The molecule has 2 aromatic rings. The quantitative estimate of drug-likeness (QED) is 0.493. The van der Waals surface area contributed by atoms with E-state index in [1.54, 1.807) is 0 Å². The fourth-order valence-corrected chi connectivity index (χ4v) is 5.55. The van der Waals surface area contributed by atoms with Crippen molar-refractivity contribution in [3.63, 3.8) is 0 Å². The van der Waals surface area contributed by atoms with Crippen LogP contribution in [0.15, 0.2) is 16.9 Å². The molecule has 0 unspecified atom stereocenters. The highest BCUT2D eigenvalue weighted by atomic mass is 32.2. The molecule has 0 aromatic carbocycles. The predicted octanol–water partition coefficient (Wildman–Crippen LogP) is 2.54. The van der Waals surface area contributed by atoms with Crippen LogP contribution in [0.5, 0.6) is 5.88 Å². The Balaban J connectivity index is 1.24. The maximum atomic E-state index is 14.2. The van der Waals surface area contributed by atoms with Gasteiger partial charge in [-0.15, -0.1) is 0 Å². The molecule has 198 valence electrons. The average molecular weight is 532 g/mol. The Morgan fingerprint density at radius 1 is 1.06 bits per heavy atom. The Hall–Kier alpha value is -2.68. The normalized spacial score (nSPS) is 21.1. The Morgan fingerprint density at radius 3 is 2.36 bits per heavy atom. The summed E-state index contributed by atoms with van der Waals surface area (Å²) in [5.41, 5.74) is 0. The van der Waals surface area contributed by atoms with E-state index in [0.29, 0.717) is 48.6 Å². The third-order valence-corrected chi connectivity index (χ3v) is 8.08. The predicted molar refractivity (Wildman–Crippen MR) is 122 cm³/mol. The standard InChI is InChI=1S/C21H28F3N7O4S/c1-36(32,33)30-10-6-16(7-11-30)34-18-12-17(25-13-26-18)31(21(22,23)24)15-4-8-29(9-5-15)20-27-19(28-35-20)14-2-3-14/h12-16H,2-11H2,1H3. The number of anilines is 2. The largest absolute Gasteiger partial charge is 0.486 e. The molecule has 0 amide bonds. The van der Waals surface area contributed by atoms with Gasteiger partial charge in [0.25, 0.3) is 0 Å². The van der Waals surface area contributed by atoms with Crippen LogP contribution in [0.4, 0.5) is 25.0 Å². The highest BCUT2D eigenvalue weighted by molar-refractivity contribution is 7.88. The zero-order valence-electron chi connectivity index (χ0n) is 19.8. The Labute approximate surface area is 206 Å². The molecule has 2 aromatic heterocycles. The van der Waals surface area contributed by atoms with Crippen molar-refractivity contribution in [1.29, 1.82) is 0 Å². The van der Waals surface area contributed by atoms with Crippen LogP contribution in [-0.4, -0.2) is 83.7 Å². The van der Waals surface area contributed by atoms with Gasteiger partial charge in [0, 0.05) is 44.2 Å². The second kappa shape index (κ2) is 9.65. The van der Waals surface area contributed by atoms with E-state index >= 15 is 0 Å². The van der Waals surface area contributed by atoms with E-state index in [1.165, 1.54) is 10.4 Å². The van der Waals surface area contributed by atoms with Gasteiger partial charge in [0.05, 0.1) is 6.26 Å². The topological polar surface area (TPSA) is 118 Å². The molecule has 2 saturated heterocycles. The molecule has 2 aliphatic heterocycles. The molecular weight excluding hydrogens is 503 g/mol. The van der Waals surface area contributed by atoms with Crippen LogP contribution in [0.1, 0.15) is 50.3 Å². The molecule has 0 N–H and O–H groups in total. The van der Waals surface area contributed by atoms with Crippen LogP contribution in [-0.2, 0) is 10.0 Å². The Morgan fingerprint density at radius 2 is 1.75 bits per heavy atom. The first kappa shape index (κ1) is 25.0. The minimum Gasteiger partial charge on any atom is -0.474 e. The molecule has 1 saturated carbocycles. The molecule has 0 atom stereocenters. The molecule has 15 heteroatoms. The summed E-state index contributed by atoms with van der Waals surface area (Å²) in [5.74, 6) is 0.748. The Bertz CT molecular complexity index is 1160. The van der Waals surface area contributed by atoms with Crippen molar-refractivity contribution in [1.82, 2.24) is 24.4 Å². The summed E-state index contributed by atoms with van der Waals surface area (Å²) >= 11 is 0. The van der Waals surface area contributed by atoms with Gasteiger partial charge in [0.1, 0.15) is 18.2 Å². The maximum absolute atomic E-state index is 14.2. The van der Waals surface area contributed by atoms with Gasteiger partial charge in [0.2, 0.25) is 15.9 Å². The lowest BCUT2D eigenvalue weighted by Gasteiger charge is -2.39. The molecule has 1 aliphatic carbocycles. The SMILES string of the molecule is CS(=O)(=O)N1CCC(Oc2cc(N(C3CCN(c4nc(C5CC5)no4)CC3)C(F)(F)F)ncn2)CC1. The minimum atomic E-state index is -4.65. The summed E-state index contributed by atoms with van der Waals surface area (Å²) in [5, 5.41) is 3.99. The molecule has 36 heavy (non-hydrogen) atoms. The summed E-state index contributed by atoms with van der Waals surface area (Å²) < 4.78 is 78.3. The van der Waals surface area contributed by atoms with Crippen LogP contribution < -0.4 is 14.5 Å². The van der Waals surface area contributed by atoms with Crippen molar-refractivity contribution in [3.05, 3.63) is 18.2 Å². The number of hydrogen-bond acceptors (Lipinski definition) is 10. The number of piperidine rings is 2. The number of sulfonamides is 1. The van der Waals surface area contributed by atoms with Crippen LogP contribution in [0.25, 0.3) is 0 Å². The fraction of sp³-hybridized carbons (Fsp3) is 0.714. The van der Waals surface area contributed by atoms with Crippen molar-refractivity contribution in [3.8, 4) is 5.88 Å². The van der Waals surface area contributed by atoms with E-state index < -0.39 is 22.4 Å². The zero-order valence-corrected chi connectivity index (χ0v) is 20.6. The average Bonchev–Trinajstić information content (AvgIpc) is 3.55. The molecule has 0 radical (unpaired) electrons. The number of ether oxygens (including phenoxy) is 1. The molecule has 11 nitrogen and oxygen atoms in total. The molecule has 0 bridgehead atoms. The summed E-state index contributed by atoms with van der Waals surface area (Å²) in [6, 6.07) is 0.726. The Kier molecular flexibility index (Phi) is 6.70. The van der Waals surface area contributed by atoms with Gasteiger partial charge in [-0.25, -0.2) is 22.7 Å². The lowest BCUT2D eigenvalue weighted by atomic mass is 10.0. The summed E-state index contributed by atoms with van der Waals surface area (Å²) in [6.07, 6.45) is 0.578. The molecule has 3 aliphatic rings. The van der Waals surface area contributed by atoms with E-state index in [0.717, 1.165) is 25.4 Å². The smallest absolute Gasteiger partial charge is 0.474 e. The zero-order chi connectivity index (χ0) is 25.5. The molecular formula is C21H28F3N7O4S. The van der Waals surface area contributed by atoms with E-state index in [4.69, 9.17) is 9.26 Å². The first-order valence-corrected chi connectivity index (χ1v) is 13.8. The number of alkyl halides is 3. The second-order valence-electron chi connectivity index (χ2n) is 9.46. The van der Waals surface area contributed by atoms with Crippen molar-refractivity contribution in [2.24, 2.45) is 0 Å². The van der Waals surface area contributed by atoms with E-state index in [2.05, 4.69) is 20.1 Å². The van der Waals surface area contributed by atoms with Crippen LogP contribution >= 0.6 is 0 Å². The number of nitrogens with zero attached hydrogens (tertiary/aromatic N) is 7. The first-order chi connectivity index (χ1) is 17.1. The number of hydrogen-bond donors (Lipinski definition) is 0. The van der Waals surface area contributed by atoms with Gasteiger partial charge in [-0.05, 0) is 38.5 Å². The lowest BCUT2D eigenvalue weighted by Crippen LogP contribution is -2.51. The molecule has 3 fully saturated rings. The van der Waals surface area contributed by atoms with Crippen molar-refractivity contribution in [2.45, 2.75) is 62.9 Å². The molecule has 4 heterocycles. The summed E-state index contributed by atoms with van der Waals surface area (Å²) in [4.78, 5) is 14.5. The van der Waals surface area contributed by atoms with Gasteiger partial charge in [0.15, 0.2) is 5.82 Å². The minimum absolute atomic E-state index is 0.0305. The van der Waals surface area contributed by atoms with E-state index in [9.17, 15) is 21.6 Å². The highest BCUT2D eigenvalue weighted by Gasteiger charge is 2.44. The fourth-order valence-electron chi connectivity index (χ4n) is 4.68. The lowest BCUT2D eigenvalue weighted by molar-refractivity contribution is -0.136.